The van der Waals surface area contributed by atoms with Crippen molar-refractivity contribution in [3.8, 4) is 0 Å². The second-order valence-electron chi connectivity index (χ2n) is 9.66. The van der Waals surface area contributed by atoms with Crippen molar-refractivity contribution in [3.63, 3.8) is 0 Å². The number of carbonyl (C=O) groups is 1. The summed E-state index contributed by atoms with van der Waals surface area (Å²) in [5.74, 6) is -0.189. The third-order valence-corrected chi connectivity index (χ3v) is 7.06. The number of piperidine rings is 1. The highest BCUT2D eigenvalue weighted by molar-refractivity contribution is 5.81. The summed E-state index contributed by atoms with van der Waals surface area (Å²) in [4.78, 5) is 15.1. The normalized spacial score (nSPS) is 14.9. The monoisotopic (exact) mass is 469 g/mol. The summed E-state index contributed by atoms with van der Waals surface area (Å²) in [7, 11) is 0. The number of rotatable bonds is 7. The topological polar surface area (TPSA) is 37.3 Å². The van der Waals surface area contributed by atoms with Crippen LogP contribution in [0.2, 0.25) is 0 Å². The molecule has 4 nitrogen and oxygen atoms in total. The van der Waals surface area contributed by atoms with Gasteiger partial charge >= 0.3 is 0 Å². The van der Waals surface area contributed by atoms with Crippen LogP contribution in [0.4, 0.5) is 4.39 Å². The molecular formula is C30H32FN3O. The highest BCUT2D eigenvalue weighted by atomic mass is 19.1. The van der Waals surface area contributed by atoms with Gasteiger partial charge in [0, 0.05) is 36.8 Å². The summed E-state index contributed by atoms with van der Waals surface area (Å²) in [6.07, 6.45) is 1.68. The average molecular weight is 470 g/mol. The van der Waals surface area contributed by atoms with E-state index in [9.17, 15) is 9.18 Å². The van der Waals surface area contributed by atoms with Crippen molar-refractivity contribution in [1.29, 1.82) is 0 Å². The third kappa shape index (κ3) is 5.63. The van der Waals surface area contributed by atoms with Crippen molar-refractivity contribution in [2.24, 2.45) is 5.92 Å². The summed E-state index contributed by atoms with van der Waals surface area (Å²) in [5, 5.41) is 4.26. The maximum atomic E-state index is 13.4. The molecule has 1 saturated heterocycles. The average Bonchev–Trinajstić information content (AvgIpc) is 3.21. The number of aryl methyl sites for hydroxylation is 1. The minimum atomic E-state index is -0.273. The lowest BCUT2D eigenvalue weighted by Gasteiger charge is -2.31. The Labute approximate surface area is 206 Å². The number of likely N-dealkylation sites (tertiary alicyclic amines) is 1. The van der Waals surface area contributed by atoms with Crippen LogP contribution in [0.25, 0.3) is 10.9 Å². The molecule has 1 amide bonds. The van der Waals surface area contributed by atoms with Gasteiger partial charge in [0.15, 0.2) is 0 Å². The van der Waals surface area contributed by atoms with Crippen LogP contribution in [0.3, 0.4) is 0 Å². The Morgan fingerprint density at radius 2 is 1.69 bits per heavy atom. The number of nitrogens with one attached hydrogen (secondary N) is 1. The molecule has 1 aliphatic rings. The molecule has 0 saturated carbocycles. The minimum absolute atomic E-state index is 0.0122. The van der Waals surface area contributed by atoms with Gasteiger partial charge < -0.3 is 9.88 Å². The molecule has 0 bridgehead atoms. The van der Waals surface area contributed by atoms with Gasteiger partial charge in [0.05, 0.1) is 0 Å². The van der Waals surface area contributed by atoms with Crippen molar-refractivity contribution >= 4 is 16.8 Å². The Kier molecular flexibility index (Phi) is 6.96. The van der Waals surface area contributed by atoms with Gasteiger partial charge in [0.1, 0.15) is 5.82 Å². The van der Waals surface area contributed by atoms with Crippen LogP contribution in [0.1, 0.15) is 35.2 Å². The van der Waals surface area contributed by atoms with E-state index in [1.54, 1.807) is 6.07 Å². The molecule has 0 aliphatic carbocycles. The first-order valence-electron chi connectivity index (χ1n) is 12.4. The van der Waals surface area contributed by atoms with Gasteiger partial charge in [-0.3, -0.25) is 9.69 Å². The van der Waals surface area contributed by atoms with Crippen molar-refractivity contribution in [3.05, 3.63) is 107 Å². The number of hydrogen-bond acceptors (Lipinski definition) is 2. The number of amides is 1. The first-order chi connectivity index (χ1) is 17.0. The van der Waals surface area contributed by atoms with Crippen LogP contribution in [0, 0.1) is 18.7 Å². The molecule has 2 heterocycles. The summed E-state index contributed by atoms with van der Waals surface area (Å²) >= 11 is 0. The molecule has 180 valence electrons. The van der Waals surface area contributed by atoms with Crippen molar-refractivity contribution < 1.29 is 9.18 Å². The fourth-order valence-electron chi connectivity index (χ4n) is 5.02. The molecule has 0 radical (unpaired) electrons. The number of carbonyl (C=O) groups excluding carboxylic acids is 1. The van der Waals surface area contributed by atoms with Gasteiger partial charge in [-0.25, -0.2) is 4.39 Å². The number of fused-ring (bicyclic) bond motifs is 1. The number of nitrogens with zero attached hydrogens (tertiary/aromatic N) is 2. The quantitative estimate of drug-likeness (QED) is 0.379. The van der Waals surface area contributed by atoms with Gasteiger partial charge in [-0.15, -0.1) is 0 Å². The van der Waals surface area contributed by atoms with Crippen LogP contribution in [-0.4, -0.2) is 28.5 Å². The number of para-hydroxylation sites is 1. The van der Waals surface area contributed by atoms with Crippen LogP contribution in [-0.2, 0) is 24.4 Å². The Morgan fingerprint density at radius 1 is 0.914 bits per heavy atom. The van der Waals surface area contributed by atoms with Gasteiger partial charge in [-0.05, 0) is 73.6 Å². The molecule has 1 aliphatic heterocycles. The van der Waals surface area contributed by atoms with Gasteiger partial charge in [0.25, 0.3) is 0 Å². The summed E-state index contributed by atoms with van der Waals surface area (Å²) in [5.41, 5.74) is 5.92. The van der Waals surface area contributed by atoms with Crippen molar-refractivity contribution in [2.45, 2.75) is 39.4 Å². The van der Waals surface area contributed by atoms with Crippen molar-refractivity contribution in [1.82, 2.24) is 14.8 Å². The molecule has 3 aromatic carbocycles. The summed E-state index contributed by atoms with van der Waals surface area (Å²) in [6.45, 7) is 6.00. The molecule has 0 spiro atoms. The number of benzene rings is 3. The zero-order valence-electron chi connectivity index (χ0n) is 20.2. The predicted octanol–water partition coefficient (Wildman–Crippen LogP) is 5.67. The fourth-order valence-corrected chi connectivity index (χ4v) is 5.02. The minimum Gasteiger partial charge on any atom is -0.352 e. The Bertz CT molecular complexity index is 1300. The zero-order chi connectivity index (χ0) is 24.2. The molecule has 0 atom stereocenters. The van der Waals surface area contributed by atoms with E-state index >= 15 is 0 Å². The molecule has 1 fully saturated rings. The van der Waals surface area contributed by atoms with Gasteiger partial charge in [0.2, 0.25) is 5.91 Å². The summed E-state index contributed by atoms with van der Waals surface area (Å²) in [6, 6.07) is 26.0. The van der Waals surface area contributed by atoms with E-state index in [-0.39, 0.29) is 17.6 Å². The lowest BCUT2D eigenvalue weighted by atomic mass is 9.95. The zero-order valence-corrected chi connectivity index (χ0v) is 20.2. The number of hydrogen-bond donors (Lipinski definition) is 1. The lowest BCUT2D eigenvalue weighted by molar-refractivity contribution is -0.126. The van der Waals surface area contributed by atoms with Gasteiger partial charge in [-0.2, -0.15) is 0 Å². The Balaban J connectivity index is 1.22. The molecule has 5 rings (SSSR count). The van der Waals surface area contributed by atoms with Crippen LogP contribution < -0.4 is 5.32 Å². The molecule has 1 aromatic heterocycles. The molecule has 35 heavy (non-hydrogen) atoms. The van der Waals surface area contributed by atoms with E-state index < -0.39 is 0 Å². The second kappa shape index (κ2) is 10.4. The summed E-state index contributed by atoms with van der Waals surface area (Å²) < 4.78 is 15.8. The lowest BCUT2D eigenvalue weighted by Crippen LogP contribution is -2.40. The first kappa shape index (κ1) is 23.3. The maximum Gasteiger partial charge on any atom is 0.223 e. The molecular weight excluding hydrogens is 437 g/mol. The Morgan fingerprint density at radius 3 is 2.46 bits per heavy atom. The first-order valence-corrected chi connectivity index (χ1v) is 12.4. The molecule has 4 aromatic rings. The van der Waals surface area contributed by atoms with Gasteiger partial charge in [-0.1, -0.05) is 60.2 Å². The smallest absolute Gasteiger partial charge is 0.223 e. The highest BCUT2D eigenvalue weighted by Gasteiger charge is 2.25. The fraction of sp³-hybridized carbons (Fsp3) is 0.300. The van der Waals surface area contributed by atoms with Crippen LogP contribution in [0.15, 0.2) is 78.9 Å². The van der Waals surface area contributed by atoms with E-state index in [0.717, 1.165) is 44.6 Å². The molecule has 1 N–H and O–H groups in total. The van der Waals surface area contributed by atoms with Crippen LogP contribution in [0.5, 0.6) is 0 Å². The standard InChI is InChI=1S/C30H32FN3O/c1-22-9-11-23(12-10-22)20-34-28(18-26-6-2-3-8-29(26)34)21-33-15-13-25(14-16-33)30(35)32-19-24-5-4-7-27(31)17-24/h2-12,17-18,25H,13-16,19-21H2,1H3,(H,32,35). The third-order valence-electron chi connectivity index (χ3n) is 7.06. The maximum absolute atomic E-state index is 13.4. The predicted molar refractivity (Wildman–Crippen MR) is 138 cm³/mol. The van der Waals surface area contributed by atoms with Crippen LogP contribution >= 0.6 is 0 Å². The van der Waals surface area contributed by atoms with Crippen molar-refractivity contribution in [2.75, 3.05) is 13.1 Å². The van der Waals surface area contributed by atoms with E-state index in [4.69, 9.17) is 0 Å². The van der Waals surface area contributed by atoms with E-state index in [0.29, 0.717) is 6.54 Å². The Hall–Kier alpha value is -3.44. The van der Waals surface area contributed by atoms with E-state index in [1.807, 2.05) is 6.07 Å². The number of halogens is 1. The number of aromatic nitrogens is 1. The van der Waals surface area contributed by atoms with E-state index in [1.165, 1.54) is 39.9 Å². The largest absolute Gasteiger partial charge is 0.352 e. The highest BCUT2D eigenvalue weighted by Crippen LogP contribution is 2.25. The molecule has 5 heteroatoms. The SMILES string of the molecule is Cc1ccc(Cn2c(CN3CCC(C(=O)NCc4cccc(F)c4)CC3)cc3ccccc32)cc1. The second-order valence-corrected chi connectivity index (χ2v) is 9.66. The molecule has 0 unspecified atom stereocenters. The van der Waals surface area contributed by atoms with E-state index in [2.05, 4.69) is 76.3 Å².